The minimum Gasteiger partial charge on any atom is -0.493 e. The maximum atomic E-state index is 5.72. The van der Waals surface area contributed by atoms with Gasteiger partial charge in [0, 0.05) is 7.05 Å². The summed E-state index contributed by atoms with van der Waals surface area (Å²) < 4.78 is 7.65. The Morgan fingerprint density at radius 2 is 2.09 bits per heavy atom. The molecule has 0 amide bonds. The average Bonchev–Trinajstić information content (AvgIpc) is 2.84. The summed E-state index contributed by atoms with van der Waals surface area (Å²) in [6.45, 7) is 5.45. The van der Waals surface area contributed by atoms with E-state index >= 15 is 0 Å². The molecule has 2 heterocycles. The number of nitrogens with one attached hydrogen (secondary N) is 1. The van der Waals surface area contributed by atoms with Crippen LogP contribution in [0.5, 0.6) is 5.75 Å². The normalized spacial score (nSPS) is 13.3. The third-order valence-corrected chi connectivity index (χ3v) is 3.80. The highest BCUT2D eigenvalue weighted by Gasteiger charge is 2.22. The number of para-hydroxylation sites is 1. The number of hydrogen-bond donors (Lipinski definition) is 1. The number of amidine groups is 1. The molecule has 1 N–H and O–H groups in total. The molecule has 1 aromatic heterocycles. The molecule has 0 spiro atoms. The van der Waals surface area contributed by atoms with Crippen molar-refractivity contribution in [2.75, 3.05) is 11.9 Å². The van der Waals surface area contributed by atoms with Crippen molar-refractivity contribution in [2.24, 2.45) is 12.0 Å². The zero-order chi connectivity index (χ0) is 15.5. The molecule has 0 aliphatic carbocycles. The van der Waals surface area contributed by atoms with Crippen LogP contribution < -0.4 is 10.1 Å². The van der Waals surface area contributed by atoms with Gasteiger partial charge in [-0.3, -0.25) is 9.67 Å². The van der Waals surface area contributed by atoms with Crippen LogP contribution in [0.1, 0.15) is 37.2 Å². The van der Waals surface area contributed by atoms with Crippen LogP contribution in [0.3, 0.4) is 0 Å². The number of anilines is 1. The predicted octanol–water partition coefficient (Wildman–Crippen LogP) is 3.14. The van der Waals surface area contributed by atoms with Crippen molar-refractivity contribution in [3.8, 4) is 5.75 Å². The second-order valence-corrected chi connectivity index (χ2v) is 5.36. The van der Waals surface area contributed by atoms with Crippen molar-refractivity contribution in [3.05, 3.63) is 41.2 Å². The van der Waals surface area contributed by atoms with Gasteiger partial charge in [0.2, 0.25) is 0 Å². The molecule has 3 rings (SSSR count). The molecule has 0 saturated carbocycles. The van der Waals surface area contributed by atoms with Crippen LogP contribution in [-0.4, -0.2) is 22.2 Å². The van der Waals surface area contributed by atoms with Gasteiger partial charge < -0.3 is 10.1 Å². The van der Waals surface area contributed by atoms with E-state index in [9.17, 15) is 0 Å². The quantitative estimate of drug-likeness (QED) is 0.922. The summed E-state index contributed by atoms with van der Waals surface area (Å²) in [6, 6.07) is 8.01. The smallest absolute Gasteiger partial charge is 0.137 e. The number of nitrogens with zero attached hydrogens (tertiary/aromatic N) is 3. The molecular weight excluding hydrogens is 276 g/mol. The summed E-state index contributed by atoms with van der Waals surface area (Å²) >= 11 is 0. The van der Waals surface area contributed by atoms with Gasteiger partial charge in [-0.1, -0.05) is 25.5 Å². The van der Waals surface area contributed by atoms with Gasteiger partial charge in [-0.15, -0.1) is 0 Å². The molecule has 1 aromatic carbocycles. The monoisotopic (exact) mass is 298 g/mol. The van der Waals surface area contributed by atoms with E-state index in [1.165, 1.54) is 0 Å². The van der Waals surface area contributed by atoms with Crippen LogP contribution in [0, 0.1) is 0 Å². The van der Waals surface area contributed by atoms with Crippen molar-refractivity contribution in [3.63, 3.8) is 0 Å². The molecule has 22 heavy (non-hydrogen) atoms. The Hall–Kier alpha value is -2.30. The second-order valence-electron chi connectivity index (χ2n) is 5.36. The summed E-state index contributed by atoms with van der Waals surface area (Å²) in [7, 11) is 1.98. The lowest BCUT2D eigenvalue weighted by atomic mass is 10.1. The van der Waals surface area contributed by atoms with Crippen molar-refractivity contribution in [1.82, 2.24) is 9.78 Å². The van der Waals surface area contributed by atoms with Crippen molar-refractivity contribution >= 4 is 11.5 Å². The van der Waals surface area contributed by atoms with Gasteiger partial charge >= 0.3 is 0 Å². The molecule has 116 valence electrons. The highest BCUT2D eigenvalue weighted by atomic mass is 16.5. The molecule has 1 aliphatic heterocycles. The van der Waals surface area contributed by atoms with Crippen LogP contribution in [0.15, 0.2) is 29.3 Å². The fraction of sp³-hybridized carbons (Fsp3) is 0.412. The van der Waals surface area contributed by atoms with E-state index in [4.69, 9.17) is 4.74 Å². The number of aliphatic imine (C=N–C) groups is 1. The third-order valence-electron chi connectivity index (χ3n) is 3.80. The van der Waals surface area contributed by atoms with Gasteiger partial charge in [0.15, 0.2) is 0 Å². The zero-order valence-electron chi connectivity index (χ0n) is 13.4. The molecule has 1 aliphatic rings. The molecule has 2 aromatic rings. The molecule has 5 heteroatoms. The van der Waals surface area contributed by atoms with E-state index in [0.29, 0.717) is 13.2 Å². The van der Waals surface area contributed by atoms with Crippen LogP contribution in [0.25, 0.3) is 0 Å². The van der Waals surface area contributed by atoms with Crippen LogP contribution in [0.4, 0.5) is 5.69 Å². The first-order chi connectivity index (χ1) is 10.7. The van der Waals surface area contributed by atoms with E-state index in [1.807, 2.05) is 42.9 Å². The number of benzene rings is 1. The SMILES string of the molecule is CCCc1nn(C)c2c1NC(c1ccccc1OCC)=NC2. The fourth-order valence-corrected chi connectivity index (χ4v) is 2.77. The lowest BCUT2D eigenvalue weighted by Gasteiger charge is -2.19. The molecule has 0 saturated heterocycles. The average molecular weight is 298 g/mol. The number of aromatic nitrogens is 2. The molecule has 0 atom stereocenters. The number of ether oxygens (including phenoxy) is 1. The summed E-state index contributed by atoms with van der Waals surface area (Å²) in [5.41, 5.74) is 4.37. The van der Waals surface area contributed by atoms with Crippen LogP contribution in [0.2, 0.25) is 0 Å². The molecule has 0 radical (unpaired) electrons. The molecule has 0 unspecified atom stereocenters. The minimum absolute atomic E-state index is 0.642. The largest absolute Gasteiger partial charge is 0.493 e. The summed E-state index contributed by atoms with van der Waals surface area (Å²) in [6.07, 6.45) is 2.05. The van der Waals surface area contributed by atoms with E-state index in [2.05, 4.69) is 22.3 Å². The maximum Gasteiger partial charge on any atom is 0.137 e. The molecular formula is C17H22N4O. The Kier molecular flexibility index (Phi) is 4.13. The van der Waals surface area contributed by atoms with Crippen LogP contribution in [-0.2, 0) is 20.0 Å². The Morgan fingerprint density at radius 1 is 1.27 bits per heavy atom. The number of rotatable bonds is 5. The van der Waals surface area contributed by atoms with Gasteiger partial charge in [-0.2, -0.15) is 5.10 Å². The highest BCUT2D eigenvalue weighted by molar-refractivity contribution is 6.11. The Morgan fingerprint density at radius 3 is 2.86 bits per heavy atom. The summed E-state index contributed by atoms with van der Waals surface area (Å²) in [4.78, 5) is 4.68. The standard InChI is InChI=1S/C17H22N4O/c1-4-8-13-16-14(21(3)20-13)11-18-17(19-16)12-9-6-7-10-15(12)22-5-2/h6-7,9-10H,4-5,8,11H2,1-3H3,(H,18,19). The van der Waals surface area contributed by atoms with Gasteiger partial charge in [0.05, 0.1) is 35.8 Å². The fourth-order valence-electron chi connectivity index (χ4n) is 2.77. The van der Waals surface area contributed by atoms with Gasteiger partial charge in [-0.05, 0) is 25.5 Å². The van der Waals surface area contributed by atoms with E-state index in [1.54, 1.807) is 0 Å². The molecule has 5 nitrogen and oxygen atoms in total. The summed E-state index contributed by atoms with van der Waals surface area (Å²) in [5, 5.41) is 8.09. The molecule has 0 bridgehead atoms. The minimum atomic E-state index is 0.642. The lowest BCUT2D eigenvalue weighted by Crippen LogP contribution is -2.21. The van der Waals surface area contributed by atoms with Crippen LogP contribution >= 0.6 is 0 Å². The lowest BCUT2D eigenvalue weighted by molar-refractivity contribution is 0.339. The van der Waals surface area contributed by atoms with E-state index in [-0.39, 0.29) is 0 Å². The number of hydrogen-bond acceptors (Lipinski definition) is 4. The van der Waals surface area contributed by atoms with Crippen molar-refractivity contribution in [2.45, 2.75) is 33.2 Å². The summed E-state index contributed by atoms with van der Waals surface area (Å²) in [5.74, 6) is 1.72. The number of aryl methyl sites for hydroxylation is 2. The van der Waals surface area contributed by atoms with Gasteiger partial charge in [-0.25, -0.2) is 0 Å². The Bertz CT molecular complexity index is 703. The Labute approximate surface area is 131 Å². The first kappa shape index (κ1) is 14.6. The van der Waals surface area contributed by atoms with E-state index < -0.39 is 0 Å². The predicted molar refractivity (Wildman–Crippen MR) is 88.7 cm³/mol. The highest BCUT2D eigenvalue weighted by Crippen LogP contribution is 2.29. The maximum absolute atomic E-state index is 5.72. The zero-order valence-corrected chi connectivity index (χ0v) is 13.4. The number of fused-ring (bicyclic) bond motifs is 1. The first-order valence-electron chi connectivity index (χ1n) is 7.83. The van der Waals surface area contributed by atoms with Gasteiger partial charge in [0.25, 0.3) is 0 Å². The Balaban J connectivity index is 1.95. The van der Waals surface area contributed by atoms with Gasteiger partial charge in [0.1, 0.15) is 11.6 Å². The molecule has 0 fully saturated rings. The topological polar surface area (TPSA) is 51.4 Å². The van der Waals surface area contributed by atoms with Crippen molar-refractivity contribution < 1.29 is 4.74 Å². The first-order valence-corrected chi connectivity index (χ1v) is 7.83. The second kappa shape index (κ2) is 6.22. The third kappa shape index (κ3) is 2.58. The van der Waals surface area contributed by atoms with Crippen molar-refractivity contribution in [1.29, 1.82) is 0 Å². The van der Waals surface area contributed by atoms with E-state index in [0.717, 1.165) is 47.1 Å².